The number of fused-ring (bicyclic) bond motifs is 2. The van der Waals surface area contributed by atoms with Crippen LogP contribution in [0.25, 0.3) is 98.4 Å². The maximum absolute atomic E-state index is 9.71. The van der Waals surface area contributed by atoms with Gasteiger partial charge in [0, 0.05) is 0 Å². The summed E-state index contributed by atoms with van der Waals surface area (Å²) in [5, 5.41) is 10.3. The Kier molecular flexibility index (Phi) is 6.79. The highest BCUT2D eigenvalue weighted by Gasteiger charge is 2.20. The Balaban J connectivity index is 1.18. The van der Waals surface area contributed by atoms with Crippen molar-refractivity contribution in [1.29, 1.82) is 0 Å². The van der Waals surface area contributed by atoms with Gasteiger partial charge in [0.1, 0.15) is 0 Å². The van der Waals surface area contributed by atoms with E-state index >= 15 is 0 Å². The molecule has 0 aliphatic rings. The van der Waals surface area contributed by atoms with Crippen LogP contribution in [-0.4, -0.2) is 0 Å². The molecule has 0 unspecified atom stereocenters. The fourth-order valence-electron chi connectivity index (χ4n) is 8.84. The number of rotatable bonds is 4. The van der Waals surface area contributed by atoms with Crippen LogP contribution in [0.2, 0.25) is 0 Å². The van der Waals surface area contributed by atoms with E-state index in [-0.39, 0.29) is 35.0 Å². The summed E-state index contributed by atoms with van der Waals surface area (Å²) in [4.78, 5) is 0. The predicted molar refractivity (Wildman–Crippen MR) is 244 cm³/mol. The Labute approximate surface area is 336 Å². The molecule has 0 spiro atoms. The lowest BCUT2D eigenvalue weighted by Gasteiger charge is -2.21. The highest BCUT2D eigenvalue weighted by atomic mass is 14.2. The lowest BCUT2D eigenvalue weighted by Crippen LogP contribution is -2.10. The largest absolute Gasteiger partial charge is 0.0629 e. The Bertz CT molecular complexity index is 3260. The van der Waals surface area contributed by atoms with E-state index in [0.29, 0.717) is 16.7 Å². The first-order chi connectivity index (χ1) is 28.7. The molecule has 56 heavy (non-hydrogen) atoms. The molecule has 0 aliphatic carbocycles. The summed E-state index contributed by atoms with van der Waals surface area (Å²) in [6.07, 6.45) is 0. The SMILES string of the molecule is [2H]c1c([2H])c(-c2ccc3ccc4c(-c5ccc(C(C)(C)C)cc5)ccc5ccc2c3c54)c([2H])c([2H])c1-c1c2ccccc2c(-c2ccc(C(C)(C)C)cc2)c2ccccc12. The molecule has 0 bridgehead atoms. The first kappa shape index (κ1) is 30.0. The van der Waals surface area contributed by atoms with Gasteiger partial charge < -0.3 is 0 Å². The fraction of sp³-hybridized carbons (Fsp3) is 0.143. The molecule has 270 valence electrons. The number of benzene rings is 10. The maximum atomic E-state index is 9.71. The first-order valence-electron chi connectivity index (χ1n) is 21.7. The van der Waals surface area contributed by atoms with E-state index in [2.05, 4.69) is 157 Å². The molecule has 0 fully saturated rings. The highest BCUT2D eigenvalue weighted by molar-refractivity contribution is 6.28. The van der Waals surface area contributed by atoms with E-state index in [1.54, 1.807) is 0 Å². The Hall–Kier alpha value is -6.24. The molecule has 0 N–H and O–H groups in total. The minimum Gasteiger partial charge on any atom is -0.0616 e. The summed E-state index contributed by atoms with van der Waals surface area (Å²) in [5.41, 5.74) is 9.19. The number of hydrogen-bond donors (Lipinski definition) is 0. The van der Waals surface area contributed by atoms with Crippen molar-refractivity contribution in [2.24, 2.45) is 0 Å². The lowest BCUT2D eigenvalue weighted by molar-refractivity contribution is 0.590. The van der Waals surface area contributed by atoms with Gasteiger partial charge in [-0.2, -0.15) is 0 Å². The van der Waals surface area contributed by atoms with E-state index in [9.17, 15) is 5.48 Å². The van der Waals surface area contributed by atoms with Crippen molar-refractivity contribution in [3.63, 3.8) is 0 Å². The minimum atomic E-state index is -0.0460. The molecule has 0 nitrogen and oxygen atoms in total. The molecule has 10 aromatic carbocycles. The van der Waals surface area contributed by atoms with Crippen LogP contribution in [0.5, 0.6) is 0 Å². The Morgan fingerprint density at radius 2 is 0.679 bits per heavy atom. The second-order valence-corrected chi connectivity index (χ2v) is 17.4. The highest BCUT2D eigenvalue weighted by Crippen LogP contribution is 2.46. The molecule has 0 aliphatic heterocycles. The third kappa shape index (κ3) is 5.50. The summed E-state index contributed by atoms with van der Waals surface area (Å²) < 4.78 is 38.8. The van der Waals surface area contributed by atoms with E-state index < -0.39 is 0 Å². The Morgan fingerprint density at radius 3 is 1.11 bits per heavy atom. The molecule has 0 aromatic heterocycles. The summed E-state index contributed by atoms with van der Waals surface area (Å²) in [7, 11) is 0. The van der Waals surface area contributed by atoms with Crippen LogP contribution in [0.1, 0.15) is 58.2 Å². The van der Waals surface area contributed by atoms with Crippen LogP contribution in [0.4, 0.5) is 0 Å². The average Bonchev–Trinajstić information content (AvgIpc) is 3.24. The lowest BCUT2D eigenvalue weighted by atomic mass is 9.83. The van der Waals surface area contributed by atoms with Gasteiger partial charge in [-0.1, -0.05) is 211 Å². The normalized spacial score (nSPS) is 13.5. The van der Waals surface area contributed by atoms with Crippen molar-refractivity contribution >= 4 is 53.9 Å². The second kappa shape index (κ2) is 12.7. The zero-order chi connectivity index (χ0) is 41.8. The van der Waals surface area contributed by atoms with Crippen molar-refractivity contribution in [1.82, 2.24) is 0 Å². The van der Waals surface area contributed by atoms with Crippen molar-refractivity contribution in [2.75, 3.05) is 0 Å². The van der Waals surface area contributed by atoms with Crippen molar-refractivity contribution in [2.45, 2.75) is 52.4 Å². The Morgan fingerprint density at radius 1 is 0.321 bits per heavy atom. The predicted octanol–water partition coefficient (Wildman–Crippen LogP) is 16.2. The van der Waals surface area contributed by atoms with E-state index in [1.807, 2.05) is 30.3 Å². The van der Waals surface area contributed by atoms with Crippen LogP contribution >= 0.6 is 0 Å². The summed E-state index contributed by atoms with van der Waals surface area (Å²) >= 11 is 0. The maximum Gasteiger partial charge on any atom is 0.0629 e. The molecular weight excluding hydrogens is 673 g/mol. The third-order valence-electron chi connectivity index (χ3n) is 11.8. The van der Waals surface area contributed by atoms with Gasteiger partial charge in [-0.3, -0.25) is 0 Å². The topological polar surface area (TPSA) is 0 Å². The zero-order valence-electron chi connectivity index (χ0n) is 36.9. The molecule has 0 saturated heterocycles. The van der Waals surface area contributed by atoms with Gasteiger partial charge in [0.15, 0.2) is 0 Å². The van der Waals surface area contributed by atoms with Crippen molar-refractivity contribution in [3.05, 3.63) is 181 Å². The van der Waals surface area contributed by atoms with E-state index in [4.69, 9.17) is 0 Å². The molecular formula is C56H46. The van der Waals surface area contributed by atoms with Gasteiger partial charge in [0.25, 0.3) is 0 Å². The molecule has 10 aromatic rings. The smallest absolute Gasteiger partial charge is 0.0616 e. The summed E-state index contributed by atoms with van der Waals surface area (Å²) in [6.45, 7) is 13.4. The van der Waals surface area contributed by atoms with Gasteiger partial charge in [0.2, 0.25) is 0 Å². The minimum absolute atomic E-state index is 0.0240. The molecule has 0 radical (unpaired) electrons. The molecule has 0 heterocycles. The van der Waals surface area contributed by atoms with E-state index in [1.165, 1.54) is 11.1 Å². The quantitative estimate of drug-likeness (QED) is 0.125. The average molecular weight is 723 g/mol. The van der Waals surface area contributed by atoms with Gasteiger partial charge in [-0.25, -0.2) is 0 Å². The van der Waals surface area contributed by atoms with Crippen LogP contribution in [0, 0.1) is 0 Å². The molecule has 0 heteroatoms. The molecule has 10 rings (SSSR count). The van der Waals surface area contributed by atoms with Gasteiger partial charge in [0.05, 0.1) is 5.48 Å². The first-order valence-corrected chi connectivity index (χ1v) is 19.7. The molecule has 0 atom stereocenters. The van der Waals surface area contributed by atoms with Crippen LogP contribution in [0.3, 0.4) is 0 Å². The van der Waals surface area contributed by atoms with Crippen LogP contribution < -0.4 is 0 Å². The summed E-state index contributed by atoms with van der Waals surface area (Å²) in [6, 6.07) is 50.9. The van der Waals surface area contributed by atoms with Gasteiger partial charge in [-0.05, 0) is 120 Å². The second-order valence-electron chi connectivity index (χ2n) is 17.4. The third-order valence-corrected chi connectivity index (χ3v) is 11.8. The van der Waals surface area contributed by atoms with Gasteiger partial charge >= 0.3 is 0 Å². The monoisotopic (exact) mass is 722 g/mol. The zero-order valence-corrected chi connectivity index (χ0v) is 32.9. The van der Waals surface area contributed by atoms with Crippen LogP contribution in [0.15, 0.2) is 170 Å². The van der Waals surface area contributed by atoms with Gasteiger partial charge in [-0.15, -0.1) is 0 Å². The fourth-order valence-corrected chi connectivity index (χ4v) is 8.84. The standard InChI is InChI=1S/C56H46/c1-55(2,3)41-27-19-36(20-28-41)44-32-24-40-25-33-49-43(31-23-39-26-34-50(44)54(40)53(39)49)35-15-17-37(18-16-35)51-45-11-7-9-13-47(45)52(48-14-10-8-12-46(48)51)38-21-29-42(30-22-38)56(4,5)6/h7-34H,1-6H3/i15D,16D,17D,18D. The van der Waals surface area contributed by atoms with Crippen molar-refractivity contribution < 1.29 is 5.48 Å². The molecule has 0 saturated carbocycles. The van der Waals surface area contributed by atoms with Crippen LogP contribution in [-0.2, 0) is 10.8 Å². The molecule has 0 amide bonds. The summed E-state index contributed by atoms with van der Waals surface area (Å²) in [5.74, 6) is 0. The van der Waals surface area contributed by atoms with E-state index in [0.717, 1.165) is 81.7 Å². The van der Waals surface area contributed by atoms with Crippen molar-refractivity contribution in [3.8, 4) is 44.5 Å². The number of hydrogen-bond acceptors (Lipinski definition) is 0.